The summed E-state index contributed by atoms with van der Waals surface area (Å²) in [7, 11) is 1.93. The minimum Gasteiger partial charge on any atom is -0.483 e. The molecule has 0 amide bonds. The first kappa shape index (κ1) is 11.6. The maximum Gasteiger partial charge on any atom is 0.290 e. The van der Waals surface area contributed by atoms with Crippen LogP contribution in [0.4, 0.5) is 0 Å². The molecular formula is C8H15N3O2. The van der Waals surface area contributed by atoms with Crippen LogP contribution in [-0.2, 0) is 18.3 Å². The van der Waals surface area contributed by atoms with Gasteiger partial charge in [0, 0.05) is 7.05 Å². The lowest BCUT2D eigenvalue weighted by Gasteiger charge is -1.96. The van der Waals surface area contributed by atoms with E-state index in [1.807, 2.05) is 17.9 Å². The quantitative estimate of drug-likeness (QED) is 0.709. The topological polar surface area (TPSA) is 68.0 Å². The van der Waals surface area contributed by atoms with Crippen molar-refractivity contribution in [2.24, 2.45) is 7.05 Å². The Morgan fingerprint density at radius 2 is 2.31 bits per heavy atom. The Labute approximate surface area is 77.4 Å². The standard InChI is InChI=1S/C7H13N3.CH2O2/c1-3-4-5-7-6-8-9-10(7)2;2-1-3/h6H,3-5H2,1-2H3;1H,(H,2,3). The van der Waals surface area contributed by atoms with Crippen molar-refractivity contribution in [1.29, 1.82) is 0 Å². The Morgan fingerprint density at radius 3 is 2.69 bits per heavy atom. The Kier molecular flexibility index (Phi) is 6.49. The smallest absolute Gasteiger partial charge is 0.290 e. The number of unbranched alkanes of at least 4 members (excludes halogenated alkanes) is 1. The fourth-order valence-corrected chi connectivity index (χ4v) is 0.895. The van der Waals surface area contributed by atoms with Crippen molar-refractivity contribution < 1.29 is 9.90 Å². The molecule has 1 aromatic rings. The van der Waals surface area contributed by atoms with E-state index in [2.05, 4.69) is 17.2 Å². The molecule has 1 N–H and O–H groups in total. The average Bonchev–Trinajstić information content (AvgIpc) is 2.49. The molecule has 0 radical (unpaired) electrons. The number of carbonyl (C=O) groups is 1. The summed E-state index contributed by atoms with van der Waals surface area (Å²) < 4.78 is 1.83. The third-order valence-corrected chi connectivity index (χ3v) is 1.59. The van der Waals surface area contributed by atoms with Crippen molar-refractivity contribution >= 4 is 6.47 Å². The van der Waals surface area contributed by atoms with E-state index < -0.39 is 0 Å². The molecule has 0 saturated carbocycles. The molecule has 1 heterocycles. The van der Waals surface area contributed by atoms with Gasteiger partial charge in [-0.25, -0.2) is 0 Å². The summed E-state index contributed by atoms with van der Waals surface area (Å²) in [6.45, 7) is 1.93. The maximum absolute atomic E-state index is 8.36. The second-order valence-corrected chi connectivity index (χ2v) is 2.56. The van der Waals surface area contributed by atoms with Crippen molar-refractivity contribution in [2.45, 2.75) is 26.2 Å². The van der Waals surface area contributed by atoms with Crippen LogP contribution in [0.25, 0.3) is 0 Å². The Bertz CT molecular complexity index is 235. The van der Waals surface area contributed by atoms with E-state index >= 15 is 0 Å². The number of carboxylic acid groups (broad SMARTS) is 1. The molecule has 0 atom stereocenters. The molecule has 13 heavy (non-hydrogen) atoms. The van der Waals surface area contributed by atoms with E-state index in [0.717, 1.165) is 6.42 Å². The molecule has 0 aliphatic heterocycles. The summed E-state index contributed by atoms with van der Waals surface area (Å²) in [6.07, 6.45) is 5.38. The van der Waals surface area contributed by atoms with Gasteiger partial charge in [0.2, 0.25) is 0 Å². The van der Waals surface area contributed by atoms with E-state index in [0.29, 0.717) is 0 Å². The number of hydrogen-bond donors (Lipinski definition) is 1. The number of nitrogens with zero attached hydrogens (tertiary/aromatic N) is 3. The summed E-state index contributed by atoms with van der Waals surface area (Å²) in [5.74, 6) is 0. The first-order valence-corrected chi connectivity index (χ1v) is 4.17. The highest BCUT2D eigenvalue weighted by molar-refractivity contribution is 5.32. The summed E-state index contributed by atoms with van der Waals surface area (Å²) in [6, 6.07) is 0. The van der Waals surface area contributed by atoms with E-state index in [1.54, 1.807) is 0 Å². The van der Waals surface area contributed by atoms with Crippen molar-refractivity contribution in [3.8, 4) is 0 Å². The number of aryl methyl sites for hydroxylation is 2. The van der Waals surface area contributed by atoms with Crippen LogP contribution in [0.1, 0.15) is 25.5 Å². The Morgan fingerprint density at radius 1 is 1.69 bits per heavy atom. The molecule has 0 bridgehead atoms. The first-order valence-electron chi connectivity index (χ1n) is 4.17. The lowest BCUT2D eigenvalue weighted by Crippen LogP contribution is -1.97. The number of rotatable bonds is 3. The zero-order valence-electron chi connectivity index (χ0n) is 7.97. The predicted octanol–water partition coefficient (Wildman–Crippen LogP) is 0.858. The van der Waals surface area contributed by atoms with E-state index in [1.165, 1.54) is 18.5 Å². The highest BCUT2D eigenvalue weighted by Crippen LogP contribution is 2.00. The summed E-state index contributed by atoms with van der Waals surface area (Å²) in [4.78, 5) is 8.36. The van der Waals surface area contributed by atoms with Crippen molar-refractivity contribution in [3.63, 3.8) is 0 Å². The largest absolute Gasteiger partial charge is 0.483 e. The molecule has 74 valence electrons. The van der Waals surface area contributed by atoms with Crippen LogP contribution in [0.5, 0.6) is 0 Å². The Hall–Kier alpha value is -1.39. The van der Waals surface area contributed by atoms with Gasteiger partial charge in [-0.1, -0.05) is 18.6 Å². The molecule has 0 aliphatic carbocycles. The second kappa shape index (κ2) is 7.27. The Balaban J connectivity index is 0.000000424. The minimum atomic E-state index is -0.250. The van der Waals surface area contributed by atoms with Gasteiger partial charge in [0.05, 0.1) is 11.9 Å². The van der Waals surface area contributed by atoms with E-state index in [9.17, 15) is 0 Å². The van der Waals surface area contributed by atoms with E-state index in [-0.39, 0.29) is 6.47 Å². The highest BCUT2D eigenvalue weighted by Gasteiger charge is 1.96. The van der Waals surface area contributed by atoms with Crippen LogP contribution in [0.2, 0.25) is 0 Å². The van der Waals surface area contributed by atoms with Gasteiger partial charge in [0.1, 0.15) is 0 Å². The lowest BCUT2D eigenvalue weighted by molar-refractivity contribution is -0.122. The fraction of sp³-hybridized carbons (Fsp3) is 0.625. The molecule has 0 saturated heterocycles. The van der Waals surface area contributed by atoms with Crippen LogP contribution >= 0.6 is 0 Å². The molecule has 0 fully saturated rings. The van der Waals surface area contributed by atoms with Crippen LogP contribution in [0, 0.1) is 0 Å². The third-order valence-electron chi connectivity index (χ3n) is 1.59. The SMILES string of the molecule is CCCCc1cnnn1C.O=CO. The maximum atomic E-state index is 8.36. The molecule has 0 unspecified atom stereocenters. The van der Waals surface area contributed by atoms with E-state index in [4.69, 9.17) is 9.90 Å². The minimum absolute atomic E-state index is 0.250. The highest BCUT2D eigenvalue weighted by atomic mass is 16.3. The van der Waals surface area contributed by atoms with Gasteiger partial charge < -0.3 is 5.11 Å². The molecule has 5 heteroatoms. The summed E-state index contributed by atoms with van der Waals surface area (Å²) >= 11 is 0. The normalized spacial score (nSPS) is 8.77. The van der Waals surface area contributed by atoms with Gasteiger partial charge in [-0.05, 0) is 12.8 Å². The lowest BCUT2D eigenvalue weighted by atomic mass is 10.2. The fourth-order valence-electron chi connectivity index (χ4n) is 0.895. The molecule has 5 nitrogen and oxygen atoms in total. The molecule has 1 rings (SSSR count). The predicted molar refractivity (Wildman–Crippen MR) is 48.3 cm³/mol. The van der Waals surface area contributed by atoms with Gasteiger partial charge in [-0.15, -0.1) is 5.10 Å². The van der Waals surface area contributed by atoms with Crippen LogP contribution in [0.15, 0.2) is 6.20 Å². The molecule has 0 aromatic carbocycles. The van der Waals surface area contributed by atoms with Crippen molar-refractivity contribution in [2.75, 3.05) is 0 Å². The van der Waals surface area contributed by atoms with Gasteiger partial charge >= 0.3 is 0 Å². The summed E-state index contributed by atoms with van der Waals surface area (Å²) in [5.41, 5.74) is 1.22. The molecule has 0 aliphatic rings. The summed E-state index contributed by atoms with van der Waals surface area (Å²) in [5, 5.41) is 14.5. The average molecular weight is 185 g/mol. The van der Waals surface area contributed by atoms with Gasteiger partial charge in [-0.3, -0.25) is 9.48 Å². The monoisotopic (exact) mass is 185 g/mol. The first-order chi connectivity index (χ1) is 6.26. The molecular weight excluding hydrogens is 170 g/mol. The third kappa shape index (κ3) is 4.95. The van der Waals surface area contributed by atoms with Crippen molar-refractivity contribution in [1.82, 2.24) is 15.0 Å². The van der Waals surface area contributed by atoms with Gasteiger partial charge in [-0.2, -0.15) is 0 Å². The van der Waals surface area contributed by atoms with Crippen LogP contribution < -0.4 is 0 Å². The number of hydrogen-bond acceptors (Lipinski definition) is 3. The van der Waals surface area contributed by atoms with Crippen molar-refractivity contribution in [3.05, 3.63) is 11.9 Å². The second-order valence-electron chi connectivity index (χ2n) is 2.56. The van der Waals surface area contributed by atoms with Crippen LogP contribution in [0.3, 0.4) is 0 Å². The zero-order chi connectivity index (χ0) is 10.1. The zero-order valence-corrected chi connectivity index (χ0v) is 7.97. The van der Waals surface area contributed by atoms with Gasteiger partial charge in [0.25, 0.3) is 6.47 Å². The molecule has 1 aromatic heterocycles. The van der Waals surface area contributed by atoms with Gasteiger partial charge in [0.15, 0.2) is 0 Å². The molecule has 0 spiro atoms. The number of aromatic nitrogens is 3. The van der Waals surface area contributed by atoms with Crippen LogP contribution in [-0.4, -0.2) is 26.6 Å².